The highest BCUT2D eigenvalue weighted by Gasteiger charge is 2.24. The van der Waals surface area contributed by atoms with Crippen molar-refractivity contribution in [2.24, 2.45) is 0 Å². The van der Waals surface area contributed by atoms with Crippen LogP contribution in [0.4, 0.5) is 27.4 Å². The summed E-state index contributed by atoms with van der Waals surface area (Å²) in [5, 5.41) is 14.1. The number of hydrazine groups is 1. The average Bonchev–Trinajstić information content (AvgIpc) is 2.68. The predicted molar refractivity (Wildman–Crippen MR) is 101 cm³/mol. The van der Waals surface area contributed by atoms with Crippen LogP contribution in [0.15, 0.2) is 53.5 Å². The van der Waals surface area contributed by atoms with Gasteiger partial charge in [-0.15, -0.1) is 0 Å². The first-order chi connectivity index (χ1) is 13.5. The van der Waals surface area contributed by atoms with Gasteiger partial charge in [-0.25, -0.2) is 14.4 Å². The Balaban J connectivity index is 1.85. The molecule has 1 amide bonds. The van der Waals surface area contributed by atoms with Gasteiger partial charge in [-0.05, 0) is 30.3 Å². The Kier molecular flexibility index (Phi) is 5.69. The minimum absolute atomic E-state index is 0.0182. The molecule has 0 saturated carbocycles. The average molecular weight is 448 g/mol. The van der Waals surface area contributed by atoms with Crippen LogP contribution in [-0.4, -0.2) is 25.8 Å². The summed E-state index contributed by atoms with van der Waals surface area (Å²) in [6.07, 6.45) is 3.86. The fourth-order valence-corrected chi connectivity index (χ4v) is 2.47. The van der Waals surface area contributed by atoms with E-state index in [2.05, 4.69) is 47.1 Å². The van der Waals surface area contributed by atoms with E-state index >= 15 is 0 Å². The Hall–Kier alpha value is -3.67. The number of anilines is 3. The molecule has 0 unspecified atom stereocenters. The Morgan fingerprint density at radius 2 is 2.00 bits per heavy atom. The molecule has 0 aliphatic rings. The van der Waals surface area contributed by atoms with Gasteiger partial charge in [0.25, 0.3) is 5.91 Å². The number of nitrogens with zero attached hydrogens (tertiary/aromatic N) is 4. The third kappa shape index (κ3) is 4.35. The molecule has 2 aromatic heterocycles. The van der Waals surface area contributed by atoms with Crippen LogP contribution >= 0.6 is 15.9 Å². The van der Waals surface area contributed by atoms with Gasteiger partial charge in [0.15, 0.2) is 0 Å². The first kappa shape index (κ1) is 19.1. The van der Waals surface area contributed by atoms with Gasteiger partial charge in [0, 0.05) is 16.9 Å². The summed E-state index contributed by atoms with van der Waals surface area (Å²) < 4.78 is 14.5. The summed E-state index contributed by atoms with van der Waals surface area (Å²) in [6, 6.07) is 7.23. The van der Waals surface area contributed by atoms with Crippen LogP contribution in [0.3, 0.4) is 0 Å². The maximum atomic E-state index is 14.0. The fraction of sp³-hybridized carbons (Fsp3) is 0. The maximum absolute atomic E-state index is 14.0. The van der Waals surface area contributed by atoms with Gasteiger partial charge >= 0.3 is 5.69 Å². The van der Waals surface area contributed by atoms with Crippen molar-refractivity contribution in [3.05, 3.63) is 75.0 Å². The molecule has 12 heteroatoms. The van der Waals surface area contributed by atoms with Gasteiger partial charge in [-0.3, -0.25) is 30.7 Å². The van der Waals surface area contributed by atoms with Crippen molar-refractivity contribution in [1.29, 1.82) is 0 Å². The number of aromatic nitrogens is 3. The van der Waals surface area contributed by atoms with Crippen LogP contribution < -0.4 is 16.2 Å². The van der Waals surface area contributed by atoms with Gasteiger partial charge in [0.2, 0.25) is 11.6 Å². The van der Waals surface area contributed by atoms with E-state index in [9.17, 15) is 19.3 Å². The molecular weight excluding hydrogens is 437 g/mol. The van der Waals surface area contributed by atoms with Crippen molar-refractivity contribution in [1.82, 2.24) is 20.4 Å². The Morgan fingerprint density at radius 3 is 2.68 bits per heavy atom. The minimum atomic E-state index is -0.752. The molecule has 0 spiro atoms. The van der Waals surface area contributed by atoms with Crippen molar-refractivity contribution in [3.8, 4) is 0 Å². The number of benzene rings is 1. The van der Waals surface area contributed by atoms with Gasteiger partial charge in [0.1, 0.15) is 12.1 Å². The Bertz CT molecular complexity index is 1040. The van der Waals surface area contributed by atoms with E-state index in [1.54, 1.807) is 12.1 Å². The third-order valence-corrected chi connectivity index (χ3v) is 3.90. The first-order valence-electron chi connectivity index (χ1n) is 7.63. The number of hydrogen-bond acceptors (Lipinski definition) is 8. The molecule has 3 rings (SSSR count). The molecule has 3 aromatic rings. The molecular formula is C16H11BrFN7O3. The van der Waals surface area contributed by atoms with Gasteiger partial charge in [0.05, 0.1) is 16.2 Å². The van der Waals surface area contributed by atoms with Crippen LogP contribution in [0.2, 0.25) is 0 Å². The number of nitrogens with one attached hydrogen (secondary N) is 3. The van der Waals surface area contributed by atoms with Crippen LogP contribution in [0.25, 0.3) is 0 Å². The zero-order valence-corrected chi connectivity index (χ0v) is 15.5. The fourth-order valence-electron chi connectivity index (χ4n) is 2.14. The normalized spacial score (nSPS) is 10.2. The standard InChI is InChI=1S/C16H11BrFN7O3/c17-10-3-4-12(11(18)6-10)22-14-13(25(27)28)15(21-8-20-14)23-24-16(26)9-2-1-5-19-7-9/h1-8H,(H,24,26)(H2,20,21,22,23). The summed E-state index contributed by atoms with van der Waals surface area (Å²) in [5.41, 5.74) is 4.32. The van der Waals surface area contributed by atoms with Crippen LogP contribution in [0, 0.1) is 15.9 Å². The van der Waals surface area contributed by atoms with Gasteiger partial charge in [-0.2, -0.15) is 0 Å². The van der Waals surface area contributed by atoms with E-state index in [0.29, 0.717) is 4.47 Å². The summed E-state index contributed by atoms with van der Waals surface area (Å²) in [6.45, 7) is 0. The number of carbonyl (C=O) groups excluding carboxylic acids is 1. The molecule has 142 valence electrons. The quantitative estimate of drug-likeness (QED) is 0.387. The summed E-state index contributed by atoms with van der Waals surface area (Å²) in [7, 11) is 0. The van der Waals surface area contributed by atoms with E-state index in [1.807, 2.05) is 0 Å². The van der Waals surface area contributed by atoms with Crippen molar-refractivity contribution in [2.45, 2.75) is 0 Å². The molecule has 3 N–H and O–H groups in total. The van der Waals surface area contributed by atoms with E-state index in [0.717, 1.165) is 6.33 Å². The van der Waals surface area contributed by atoms with E-state index in [-0.39, 0.29) is 22.9 Å². The smallest absolute Gasteiger partial charge is 0.332 e. The van der Waals surface area contributed by atoms with Crippen molar-refractivity contribution >= 4 is 44.8 Å². The summed E-state index contributed by atoms with van der Waals surface area (Å²) in [5.74, 6) is -1.74. The zero-order chi connectivity index (χ0) is 20.1. The molecule has 10 nitrogen and oxygen atoms in total. The van der Waals surface area contributed by atoms with Crippen molar-refractivity contribution in [3.63, 3.8) is 0 Å². The van der Waals surface area contributed by atoms with E-state index < -0.39 is 22.3 Å². The lowest BCUT2D eigenvalue weighted by molar-refractivity contribution is -0.383. The van der Waals surface area contributed by atoms with Crippen LogP contribution in [-0.2, 0) is 0 Å². The topological polar surface area (TPSA) is 135 Å². The molecule has 1 aromatic carbocycles. The second kappa shape index (κ2) is 8.35. The highest BCUT2D eigenvalue weighted by atomic mass is 79.9. The highest BCUT2D eigenvalue weighted by Crippen LogP contribution is 2.32. The largest absolute Gasteiger partial charge is 0.355 e. The molecule has 0 fully saturated rings. The number of hydrogen-bond donors (Lipinski definition) is 3. The summed E-state index contributed by atoms with van der Waals surface area (Å²) in [4.78, 5) is 34.2. The lowest BCUT2D eigenvalue weighted by Gasteiger charge is -2.11. The second-order valence-corrected chi connectivity index (χ2v) is 6.16. The molecule has 0 saturated heterocycles. The second-order valence-electron chi connectivity index (χ2n) is 5.25. The van der Waals surface area contributed by atoms with Gasteiger partial charge < -0.3 is 5.32 Å². The molecule has 0 atom stereocenters. The number of amides is 1. The van der Waals surface area contributed by atoms with Crippen LogP contribution in [0.1, 0.15) is 10.4 Å². The first-order valence-corrected chi connectivity index (χ1v) is 8.43. The molecule has 0 aliphatic heterocycles. The monoisotopic (exact) mass is 447 g/mol. The zero-order valence-electron chi connectivity index (χ0n) is 13.9. The molecule has 0 aliphatic carbocycles. The Morgan fingerprint density at radius 1 is 1.21 bits per heavy atom. The van der Waals surface area contributed by atoms with E-state index in [4.69, 9.17) is 0 Å². The lowest BCUT2D eigenvalue weighted by atomic mass is 10.3. The number of nitro groups is 1. The molecule has 0 radical (unpaired) electrons. The molecule has 2 heterocycles. The molecule has 28 heavy (non-hydrogen) atoms. The number of pyridine rings is 1. The number of carbonyl (C=O) groups is 1. The third-order valence-electron chi connectivity index (χ3n) is 3.41. The Labute approximate surface area is 165 Å². The lowest BCUT2D eigenvalue weighted by Crippen LogP contribution is -2.30. The number of rotatable bonds is 6. The van der Waals surface area contributed by atoms with Crippen LogP contribution in [0.5, 0.6) is 0 Å². The SMILES string of the molecule is O=C(NNc1ncnc(Nc2ccc(Br)cc2F)c1[N+](=O)[O-])c1cccnc1. The van der Waals surface area contributed by atoms with Crippen molar-refractivity contribution in [2.75, 3.05) is 10.7 Å². The van der Waals surface area contributed by atoms with E-state index in [1.165, 1.54) is 30.6 Å². The molecule has 0 bridgehead atoms. The van der Waals surface area contributed by atoms with Crippen molar-refractivity contribution < 1.29 is 14.1 Å². The van der Waals surface area contributed by atoms with Gasteiger partial charge in [-0.1, -0.05) is 15.9 Å². The highest BCUT2D eigenvalue weighted by molar-refractivity contribution is 9.10. The predicted octanol–water partition coefficient (Wildman–Crippen LogP) is 3.18. The summed E-state index contributed by atoms with van der Waals surface area (Å²) >= 11 is 3.13. The minimum Gasteiger partial charge on any atom is -0.332 e. The number of halogens is 2. The maximum Gasteiger partial charge on any atom is 0.355 e.